The number of carbonyl (C=O) groups excluding carboxylic acids is 2. The molecule has 6 heteroatoms. The fraction of sp³-hybridized carbons (Fsp3) is 0.467. The summed E-state index contributed by atoms with van der Waals surface area (Å²) in [6, 6.07) is 2.66. The van der Waals surface area contributed by atoms with Crippen LogP contribution < -0.4 is 4.90 Å². The van der Waals surface area contributed by atoms with Crippen molar-refractivity contribution in [3.63, 3.8) is 0 Å². The van der Waals surface area contributed by atoms with Crippen molar-refractivity contribution in [3.05, 3.63) is 28.0 Å². The van der Waals surface area contributed by atoms with Crippen LogP contribution in [-0.4, -0.2) is 42.8 Å². The molecule has 0 atom stereocenters. The van der Waals surface area contributed by atoms with Crippen LogP contribution in [0.2, 0.25) is 0 Å². The van der Waals surface area contributed by atoms with E-state index in [9.17, 15) is 14.0 Å². The van der Waals surface area contributed by atoms with Gasteiger partial charge in [0.1, 0.15) is 5.82 Å². The summed E-state index contributed by atoms with van der Waals surface area (Å²) in [5.41, 5.74) is 0.682. The number of benzene rings is 1. The highest BCUT2D eigenvalue weighted by Gasteiger charge is 2.36. The van der Waals surface area contributed by atoms with Gasteiger partial charge in [-0.25, -0.2) is 4.39 Å². The molecular weight excluding hydrogens is 339 g/mol. The number of halogens is 2. The molecule has 0 aliphatic carbocycles. The number of amides is 1. The molecule has 1 aromatic rings. The van der Waals surface area contributed by atoms with Crippen LogP contribution in [0.4, 0.5) is 10.1 Å². The predicted molar refractivity (Wildman–Crippen MR) is 81.1 cm³/mol. The molecule has 0 N–H and O–H groups in total. The zero-order chi connectivity index (χ0) is 15.0. The highest BCUT2D eigenvalue weighted by Crippen LogP contribution is 2.33. The van der Waals surface area contributed by atoms with Crippen molar-refractivity contribution in [1.82, 2.24) is 4.90 Å². The Morgan fingerprint density at radius 3 is 2.57 bits per heavy atom. The minimum Gasteiger partial charge on any atom is -0.305 e. The van der Waals surface area contributed by atoms with Crippen LogP contribution in [0, 0.1) is 5.82 Å². The third kappa shape index (κ3) is 2.74. The number of hydrogen-bond donors (Lipinski definition) is 0. The molecule has 2 aliphatic heterocycles. The Morgan fingerprint density at radius 2 is 1.86 bits per heavy atom. The molecule has 4 nitrogen and oxygen atoms in total. The Kier molecular flexibility index (Phi) is 4.08. The number of anilines is 1. The first-order valence-electron chi connectivity index (χ1n) is 7.15. The van der Waals surface area contributed by atoms with Gasteiger partial charge in [-0.15, -0.1) is 0 Å². The van der Waals surface area contributed by atoms with Gasteiger partial charge in [-0.05, 0) is 67.0 Å². The van der Waals surface area contributed by atoms with E-state index in [4.69, 9.17) is 0 Å². The molecule has 112 valence electrons. The van der Waals surface area contributed by atoms with Crippen LogP contribution >= 0.6 is 15.9 Å². The third-order valence-corrected chi connectivity index (χ3v) is 4.68. The quantitative estimate of drug-likeness (QED) is 0.780. The fourth-order valence-corrected chi connectivity index (χ4v) is 3.31. The maximum Gasteiger partial charge on any atom is 0.299 e. The lowest BCUT2D eigenvalue weighted by Gasteiger charge is -2.19. The summed E-state index contributed by atoms with van der Waals surface area (Å²) in [6.07, 6.45) is 3.24. The number of nitrogens with zero attached hydrogens (tertiary/aromatic N) is 2. The lowest BCUT2D eigenvalue weighted by molar-refractivity contribution is -0.114. The molecular formula is C15H16BrFN2O2. The molecule has 0 saturated carbocycles. The van der Waals surface area contributed by atoms with Crippen LogP contribution in [0.15, 0.2) is 16.6 Å². The topological polar surface area (TPSA) is 40.6 Å². The minimum atomic E-state index is -0.552. The maximum absolute atomic E-state index is 13.7. The second-order valence-electron chi connectivity index (χ2n) is 5.47. The van der Waals surface area contributed by atoms with Crippen molar-refractivity contribution >= 4 is 33.3 Å². The van der Waals surface area contributed by atoms with Crippen LogP contribution in [-0.2, 0) is 4.79 Å². The second-order valence-corrected chi connectivity index (χ2v) is 6.33. The van der Waals surface area contributed by atoms with E-state index in [0.717, 1.165) is 26.1 Å². The molecule has 3 rings (SSSR count). The molecule has 2 aliphatic rings. The number of rotatable bonds is 4. The zero-order valence-corrected chi connectivity index (χ0v) is 13.2. The van der Waals surface area contributed by atoms with Gasteiger partial charge in [0, 0.05) is 6.54 Å². The molecule has 21 heavy (non-hydrogen) atoms. The van der Waals surface area contributed by atoms with E-state index in [-0.39, 0.29) is 10.0 Å². The predicted octanol–water partition coefficient (Wildman–Crippen LogP) is 2.60. The van der Waals surface area contributed by atoms with E-state index in [2.05, 4.69) is 20.8 Å². The lowest BCUT2D eigenvalue weighted by atomic mass is 10.1. The molecule has 0 spiro atoms. The van der Waals surface area contributed by atoms with Crippen LogP contribution in [0.3, 0.4) is 0 Å². The molecule has 0 bridgehead atoms. The molecule has 1 amide bonds. The van der Waals surface area contributed by atoms with E-state index in [1.165, 1.54) is 29.9 Å². The Morgan fingerprint density at radius 1 is 1.14 bits per heavy atom. The van der Waals surface area contributed by atoms with Gasteiger partial charge < -0.3 is 9.80 Å². The summed E-state index contributed by atoms with van der Waals surface area (Å²) in [4.78, 5) is 27.7. The van der Waals surface area contributed by atoms with Gasteiger partial charge >= 0.3 is 0 Å². The van der Waals surface area contributed by atoms with Gasteiger partial charge in [-0.3, -0.25) is 9.59 Å². The Labute approximate surface area is 131 Å². The largest absolute Gasteiger partial charge is 0.305 e. The van der Waals surface area contributed by atoms with Gasteiger partial charge in [-0.2, -0.15) is 0 Å². The molecule has 0 radical (unpaired) electrons. The Balaban J connectivity index is 1.72. The number of hydrogen-bond acceptors (Lipinski definition) is 3. The van der Waals surface area contributed by atoms with Crippen molar-refractivity contribution in [1.29, 1.82) is 0 Å². The molecule has 2 heterocycles. The molecule has 0 unspecified atom stereocenters. The average Bonchev–Trinajstić information content (AvgIpc) is 3.04. The van der Waals surface area contributed by atoms with E-state index in [1.807, 2.05) is 0 Å². The second kappa shape index (κ2) is 5.85. The number of ketones is 1. The van der Waals surface area contributed by atoms with Crippen LogP contribution in [0.1, 0.15) is 29.6 Å². The minimum absolute atomic E-state index is 0.210. The van der Waals surface area contributed by atoms with Gasteiger partial charge in [0.25, 0.3) is 11.7 Å². The maximum atomic E-state index is 13.7. The van der Waals surface area contributed by atoms with E-state index in [0.29, 0.717) is 12.2 Å². The first-order valence-corrected chi connectivity index (χ1v) is 7.95. The summed E-state index contributed by atoms with van der Waals surface area (Å²) in [5.74, 6) is -1.56. The highest BCUT2D eigenvalue weighted by atomic mass is 79.9. The molecule has 0 aromatic heterocycles. The fourth-order valence-electron chi connectivity index (χ4n) is 2.97. The average molecular weight is 355 g/mol. The molecule has 1 fully saturated rings. The summed E-state index contributed by atoms with van der Waals surface area (Å²) in [5, 5.41) is 0. The van der Waals surface area contributed by atoms with E-state index < -0.39 is 17.5 Å². The van der Waals surface area contributed by atoms with Crippen LogP contribution in [0.5, 0.6) is 0 Å². The number of carbonyl (C=O) groups is 2. The van der Waals surface area contributed by atoms with Gasteiger partial charge in [-0.1, -0.05) is 0 Å². The zero-order valence-electron chi connectivity index (χ0n) is 11.6. The Bertz CT molecular complexity index is 600. The molecule has 1 aromatic carbocycles. The van der Waals surface area contributed by atoms with Crippen molar-refractivity contribution in [2.45, 2.75) is 19.3 Å². The van der Waals surface area contributed by atoms with Crippen LogP contribution in [0.25, 0.3) is 0 Å². The van der Waals surface area contributed by atoms with Crippen molar-refractivity contribution in [3.8, 4) is 0 Å². The standard InChI is InChI=1S/C15H16BrFN2O2/c16-11-8-10-13(9-12(11)17)19(15(21)14(10)20)7-3-6-18-4-1-2-5-18/h8-9H,1-7H2. The first-order chi connectivity index (χ1) is 10.1. The highest BCUT2D eigenvalue weighted by molar-refractivity contribution is 9.10. The van der Waals surface area contributed by atoms with Gasteiger partial charge in [0.05, 0.1) is 15.7 Å². The summed E-state index contributed by atoms with van der Waals surface area (Å²) in [6.45, 7) is 3.57. The van der Waals surface area contributed by atoms with E-state index in [1.54, 1.807) is 0 Å². The van der Waals surface area contributed by atoms with Crippen molar-refractivity contribution in [2.24, 2.45) is 0 Å². The van der Waals surface area contributed by atoms with Crippen molar-refractivity contribution in [2.75, 3.05) is 31.1 Å². The smallest absolute Gasteiger partial charge is 0.299 e. The number of fused-ring (bicyclic) bond motifs is 1. The Hall–Kier alpha value is -1.27. The SMILES string of the molecule is O=C1C(=O)N(CCCN2CCCC2)c2cc(F)c(Br)cc21. The van der Waals surface area contributed by atoms with Gasteiger partial charge in [0.15, 0.2) is 0 Å². The van der Waals surface area contributed by atoms with E-state index >= 15 is 0 Å². The summed E-state index contributed by atoms with van der Waals surface area (Å²) >= 11 is 3.05. The third-order valence-electron chi connectivity index (χ3n) is 4.07. The molecule has 1 saturated heterocycles. The number of likely N-dealkylation sites (tertiary alicyclic amines) is 1. The number of Topliss-reactive ketones (excluding diaryl/α,β-unsaturated/α-hetero) is 1. The normalized spacial score (nSPS) is 18.7. The summed E-state index contributed by atoms with van der Waals surface area (Å²) in [7, 11) is 0. The summed E-state index contributed by atoms with van der Waals surface area (Å²) < 4.78 is 13.9. The van der Waals surface area contributed by atoms with Crippen molar-refractivity contribution < 1.29 is 14.0 Å². The first kappa shape index (κ1) is 14.7. The van der Waals surface area contributed by atoms with Gasteiger partial charge in [0.2, 0.25) is 0 Å². The monoisotopic (exact) mass is 354 g/mol. The lowest BCUT2D eigenvalue weighted by Crippen LogP contribution is -2.33.